The summed E-state index contributed by atoms with van der Waals surface area (Å²) in [5.41, 5.74) is 4.89. The van der Waals surface area contributed by atoms with Crippen LogP contribution >= 0.6 is 0 Å². The van der Waals surface area contributed by atoms with Crippen LogP contribution in [0.15, 0.2) is 48.5 Å². The Balaban J connectivity index is 1.53. The van der Waals surface area contributed by atoms with Gasteiger partial charge in [0, 0.05) is 35.6 Å². The molecule has 1 unspecified atom stereocenters. The first-order valence-electron chi connectivity index (χ1n) is 8.76. The number of fused-ring (bicyclic) bond motifs is 3. The van der Waals surface area contributed by atoms with Crippen molar-refractivity contribution in [3.8, 4) is 5.75 Å². The van der Waals surface area contributed by atoms with Crippen LogP contribution in [0.4, 0.5) is 0 Å². The number of rotatable bonds is 4. The number of amides is 1. The van der Waals surface area contributed by atoms with Crippen molar-refractivity contribution in [1.82, 2.24) is 10.3 Å². The summed E-state index contributed by atoms with van der Waals surface area (Å²) >= 11 is 0. The van der Waals surface area contributed by atoms with Gasteiger partial charge in [-0.1, -0.05) is 30.3 Å². The molecule has 2 aromatic carbocycles. The second-order valence-electron chi connectivity index (χ2n) is 6.70. The van der Waals surface area contributed by atoms with Crippen LogP contribution in [0.25, 0.3) is 10.9 Å². The highest BCUT2D eigenvalue weighted by Gasteiger charge is 2.23. The van der Waals surface area contributed by atoms with E-state index in [1.54, 1.807) is 6.92 Å². The lowest BCUT2D eigenvalue weighted by Crippen LogP contribution is -2.37. The minimum absolute atomic E-state index is 0.0462. The first-order valence-corrected chi connectivity index (χ1v) is 8.76. The normalized spacial score (nSPS) is 16.4. The second kappa shape index (κ2) is 6.63. The van der Waals surface area contributed by atoms with E-state index < -0.39 is 0 Å². The van der Waals surface area contributed by atoms with Gasteiger partial charge in [0.2, 0.25) is 5.91 Å². The van der Waals surface area contributed by atoms with Crippen LogP contribution in [0.5, 0.6) is 5.75 Å². The molecule has 4 nitrogen and oxygen atoms in total. The number of ether oxygens (including phenoxy) is 1. The lowest BCUT2D eigenvalue weighted by molar-refractivity contribution is -0.119. The highest BCUT2D eigenvalue weighted by molar-refractivity contribution is 5.86. The van der Waals surface area contributed by atoms with E-state index in [0.29, 0.717) is 6.61 Å². The van der Waals surface area contributed by atoms with E-state index in [2.05, 4.69) is 34.6 Å². The van der Waals surface area contributed by atoms with Gasteiger partial charge in [0.25, 0.3) is 0 Å². The summed E-state index contributed by atoms with van der Waals surface area (Å²) in [5, 5.41) is 4.28. The minimum atomic E-state index is 0.0462. The molecule has 0 fully saturated rings. The maximum Gasteiger partial charge on any atom is 0.217 e. The minimum Gasteiger partial charge on any atom is -0.489 e. The molecule has 0 radical (unpaired) electrons. The lowest BCUT2D eigenvalue weighted by Gasteiger charge is -2.23. The molecule has 1 amide bonds. The molecule has 3 aromatic rings. The molecular weight excluding hydrogens is 312 g/mol. The number of carbonyl (C=O) groups excluding carboxylic acids is 1. The van der Waals surface area contributed by atoms with E-state index in [1.165, 1.54) is 16.6 Å². The van der Waals surface area contributed by atoms with Crippen molar-refractivity contribution >= 4 is 16.8 Å². The molecule has 25 heavy (non-hydrogen) atoms. The molecule has 4 rings (SSSR count). The molecule has 0 spiro atoms. The van der Waals surface area contributed by atoms with Crippen LogP contribution in [0, 0.1) is 0 Å². The monoisotopic (exact) mass is 334 g/mol. The molecule has 0 bridgehead atoms. The fourth-order valence-corrected chi connectivity index (χ4v) is 3.65. The average Bonchev–Trinajstić information content (AvgIpc) is 2.97. The van der Waals surface area contributed by atoms with Gasteiger partial charge in [0.1, 0.15) is 12.4 Å². The molecule has 2 N–H and O–H groups in total. The zero-order valence-electron chi connectivity index (χ0n) is 14.3. The van der Waals surface area contributed by atoms with Gasteiger partial charge in [-0.15, -0.1) is 0 Å². The Bertz CT molecular complexity index is 899. The lowest BCUT2D eigenvalue weighted by atomic mass is 9.91. The summed E-state index contributed by atoms with van der Waals surface area (Å²) in [4.78, 5) is 14.9. The van der Waals surface area contributed by atoms with Gasteiger partial charge in [0.05, 0.1) is 0 Å². The molecule has 1 aliphatic rings. The number of hydrogen-bond donors (Lipinski definition) is 2. The average molecular weight is 334 g/mol. The highest BCUT2D eigenvalue weighted by Crippen LogP contribution is 2.31. The Morgan fingerprint density at radius 1 is 1.24 bits per heavy atom. The van der Waals surface area contributed by atoms with E-state index in [-0.39, 0.29) is 11.9 Å². The molecule has 1 heterocycles. The maximum atomic E-state index is 11.3. The highest BCUT2D eigenvalue weighted by atomic mass is 16.5. The van der Waals surface area contributed by atoms with Crippen molar-refractivity contribution in [2.75, 3.05) is 0 Å². The number of hydrogen-bond acceptors (Lipinski definition) is 2. The van der Waals surface area contributed by atoms with Crippen LogP contribution in [0.3, 0.4) is 0 Å². The summed E-state index contributed by atoms with van der Waals surface area (Å²) < 4.78 is 5.93. The van der Waals surface area contributed by atoms with E-state index >= 15 is 0 Å². The summed E-state index contributed by atoms with van der Waals surface area (Å²) in [6.45, 7) is 2.15. The van der Waals surface area contributed by atoms with E-state index in [0.717, 1.165) is 36.1 Å². The molecule has 128 valence electrons. The van der Waals surface area contributed by atoms with Crippen molar-refractivity contribution in [1.29, 1.82) is 0 Å². The maximum absolute atomic E-state index is 11.3. The number of aromatic amines is 1. The first-order chi connectivity index (χ1) is 12.2. The van der Waals surface area contributed by atoms with Gasteiger partial charge < -0.3 is 15.0 Å². The topological polar surface area (TPSA) is 54.1 Å². The van der Waals surface area contributed by atoms with Gasteiger partial charge in [-0.25, -0.2) is 0 Å². The largest absolute Gasteiger partial charge is 0.489 e. The van der Waals surface area contributed by atoms with Crippen LogP contribution < -0.4 is 10.1 Å². The van der Waals surface area contributed by atoms with Gasteiger partial charge in [0.15, 0.2) is 0 Å². The second-order valence-corrected chi connectivity index (χ2v) is 6.70. The third-order valence-electron chi connectivity index (χ3n) is 4.82. The molecule has 4 heteroatoms. The summed E-state index contributed by atoms with van der Waals surface area (Å²) in [5.74, 6) is 0.915. The van der Waals surface area contributed by atoms with Crippen molar-refractivity contribution < 1.29 is 9.53 Å². The van der Waals surface area contributed by atoms with Gasteiger partial charge in [-0.2, -0.15) is 0 Å². The Kier molecular flexibility index (Phi) is 4.18. The third-order valence-corrected chi connectivity index (χ3v) is 4.82. The predicted molar refractivity (Wildman–Crippen MR) is 98.7 cm³/mol. The number of H-pyrrole nitrogens is 1. The summed E-state index contributed by atoms with van der Waals surface area (Å²) in [6, 6.07) is 16.6. The van der Waals surface area contributed by atoms with Crippen LogP contribution in [-0.2, 0) is 24.2 Å². The molecule has 0 saturated heterocycles. The zero-order chi connectivity index (χ0) is 17.2. The molecular formula is C21H22N2O2. The fourth-order valence-electron chi connectivity index (χ4n) is 3.65. The number of nitrogens with one attached hydrogen (secondary N) is 2. The van der Waals surface area contributed by atoms with Crippen molar-refractivity contribution in [2.24, 2.45) is 0 Å². The Hall–Kier alpha value is -2.75. The van der Waals surface area contributed by atoms with E-state index in [1.807, 2.05) is 24.3 Å². The van der Waals surface area contributed by atoms with Gasteiger partial charge in [-0.3, -0.25) is 4.79 Å². The van der Waals surface area contributed by atoms with Gasteiger partial charge >= 0.3 is 0 Å². The SMILES string of the molecule is CC(=O)NC1CCc2[nH]c3cc(OCc4ccccc4)ccc3c2C1. The van der Waals surface area contributed by atoms with E-state index in [4.69, 9.17) is 4.74 Å². The van der Waals surface area contributed by atoms with Crippen molar-refractivity contribution in [2.45, 2.75) is 38.8 Å². The Morgan fingerprint density at radius 2 is 2.08 bits per heavy atom. The molecule has 1 atom stereocenters. The van der Waals surface area contributed by atoms with Crippen molar-refractivity contribution in [3.05, 3.63) is 65.4 Å². The van der Waals surface area contributed by atoms with Crippen molar-refractivity contribution in [3.63, 3.8) is 0 Å². The zero-order valence-corrected chi connectivity index (χ0v) is 14.3. The number of benzene rings is 2. The number of carbonyl (C=O) groups is 1. The number of aryl methyl sites for hydroxylation is 1. The molecule has 0 aliphatic heterocycles. The van der Waals surface area contributed by atoms with Crippen LogP contribution in [-0.4, -0.2) is 16.9 Å². The van der Waals surface area contributed by atoms with Crippen LogP contribution in [0.1, 0.15) is 30.2 Å². The quantitative estimate of drug-likeness (QED) is 0.764. The molecule has 1 aliphatic carbocycles. The summed E-state index contributed by atoms with van der Waals surface area (Å²) in [6.07, 6.45) is 2.84. The van der Waals surface area contributed by atoms with Crippen LogP contribution in [0.2, 0.25) is 0 Å². The summed E-state index contributed by atoms with van der Waals surface area (Å²) in [7, 11) is 0. The molecule has 0 saturated carbocycles. The predicted octanol–water partition coefficient (Wildman–Crippen LogP) is 3.74. The first kappa shape index (κ1) is 15.8. The Labute approximate surface area is 147 Å². The Morgan fingerprint density at radius 3 is 2.88 bits per heavy atom. The van der Waals surface area contributed by atoms with E-state index in [9.17, 15) is 4.79 Å². The third kappa shape index (κ3) is 3.38. The molecule has 1 aromatic heterocycles. The fraction of sp³-hybridized carbons (Fsp3) is 0.286. The van der Waals surface area contributed by atoms with Gasteiger partial charge in [-0.05, 0) is 42.5 Å². The standard InChI is InChI=1S/C21H22N2O2/c1-14(24)22-16-7-10-20-19(11-16)18-9-8-17(12-21(18)23-20)25-13-15-5-3-2-4-6-15/h2-6,8-9,12,16,23H,7,10-11,13H2,1H3,(H,22,24). The number of aromatic nitrogens is 1. The smallest absolute Gasteiger partial charge is 0.217 e.